The van der Waals surface area contributed by atoms with E-state index in [4.69, 9.17) is 0 Å². The van der Waals surface area contributed by atoms with E-state index in [1.807, 2.05) is 31.2 Å². The molecule has 1 N–H and O–H groups in total. The number of hydrogen-bond donors (Lipinski definition) is 1. The Labute approximate surface area is 186 Å². The van der Waals surface area contributed by atoms with E-state index in [1.165, 1.54) is 22.8 Å². The van der Waals surface area contributed by atoms with Gasteiger partial charge in [-0.2, -0.15) is 0 Å². The SMILES string of the molecule is Cc1ccc(CNC(=O)Cn2c(=O)c(S(=O)(=O)c3ccccc3)cc3ccccc32)cc1. The Morgan fingerprint density at radius 3 is 2.28 bits per heavy atom. The van der Waals surface area contributed by atoms with E-state index < -0.39 is 15.4 Å². The van der Waals surface area contributed by atoms with Gasteiger partial charge < -0.3 is 5.32 Å². The fourth-order valence-corrected chi connectivity index (χ4v) is 4.87. The quantitative estimate of drug-likeness (QED) is 0.492. The number of nitrogens with zero attached hydrogens (tertiary/aromatic N) is 1. The Morgan fingerprint density at radius 2 is 1.56 bits per heavy atom. The van der Waals surface area contributed by atoms with E-state index in [9.17, 15) is 18.0 Å². The predicted molar refractivity (Wildman–Crippen MR) is 123 cm³/mol. The molecule has 0 fully saturated rings. The van der Waals surface area contributed by atoms with Gasteiger partial charge in [0.25, 0.3) is 5.56 Å². The van der Waals surface area contributed by atoms with Crippen LogP contribution in [0.2, 0.25) is 0 Å². The van der Waals surface area contributed by atoms with Crippen molar-refractivity contribution in [3.8, 4) is 0 Å². The zero-order valence-electron chi connectivity index (χ0n) is 17.5. The molecule has 32 heavy (non-hydrogen) atoms. The van der Waals surface area contributed by atoms with Crippen LogP contribution >= 0.6 is 0 Å². The third kappa shape index (κ3) is 4.33. The number of benzene rings is 3. The maximum Gasteiger partial charge on any atom is 0.270 e. The van der Waals surface area contributed by atoms with Crippen LogP contribution in [0.5, 0.6) is 0 Å². The minimum Gasteiger partial charge on any atom is -0.350 e. The van der Waals surface area contributed by atoms with Crippen molar-refractivity contribution in [2.45, 2.75) is 29.8 Å². The van der Waals surface area contributed by atoms with Crippen molar-refractivity contribution in [3.63, 3.8) is 0 Å². The summed E-state index contributed by atoms with van der Waals surface area (Å²) in [6, 6.07) is 23.9. The molecular weight excluding hydrogens is 424 g/mol. The molecule has 0 spiro atoms. The number of sulfone groups is 1. The van der Waals surface area contributed by atoms with Crippen molar-refractivity contribution in [1.29, 1.82) is 0 Å². The lowest BCUT2D eigenvalue weighted by molar-refractivity contribution is -0.121. The van der Waals surface area contributed by atoms with Crippen molar-refractivity contribution >= 4 is 26.6 Å². The van der Waals surface area contributed by atoms with Crippen LogP contribution in [0.3, 0.4) is 0 Å². The first kappa shape index (κ1) is 21.5. The van der Waals surface area contributed by atoms with Gasteiger partial charge in [0.1, 0.15) is 11.4 Å². The van der Waals surface area contributed by atoms with Gasteiger partial charge in [0.15, 0.2) is 0 Å². The van der Waals surface area contributed by atoms with Crippen LogP contribution in [0.4, 0.5) is 0 Å². The molecule has 3 aromatic carbocycles. The lowest BCUT2D eigenvalue weighted by Crippen LogP contribution is -2.34. The molecule has 7 heteroatoms. The summed E-state index contributed by atoms with van der Waals surface area (Å²) in [4.78, 5) is 25.6. The number of amides is 1. The fraction of sp³-hybridized carbons (Fsp3) is 0.120. The van der Waals surface area contributed by atoms with Crippen molar-refractivity contribution in [1.82, 2.24) is 9.88 Å². The second kappa shape index (κ2) is 8.80. The van der Waals surface area contributed by atoms with E-state index in [0.717, 1.165) is 11.1 Å². The third-order valence-electron chi connectivity index (χ3n) is 5.23. The lowest BCUT2D eigenvalue weighted by atomic mass is 10.1. The van der Waals surface area contributed by atoms with Crippen LogP contribution in [-0.2, 0) is 27.7 Å². The molecule has 0 saturated heterocycles. The van der Waals surface area contributed by atoms with Crippen LogP contribution in [0.25, 0.3) is 10.9 Å². The summed E-state index contributed by atoms with van der Waals surface area (Å²) >= 11 is 0. The van der Waals surface area contributed by atoms with E-state index in [1.54, 1.807) is 42.5 Å². The monoisotopic (exact) mass is 446 g/mol. The Balaban J connectivity index is 1.71. The Kier molecular flexibility index (Phi) is 5.92. The largest absolute Gasteiger partial charge is 0.350 e. The zero-order chi connectivity index (χ0) is 22.7. The van der Waals surface area contributed by atoms with Crippen molar-refractivity contribution in [2.75, 3.05) is 0 Å². The molecule has 0 saturated carbocycles. The minimum absolute atomic E-state index is 0.0303. The maximum atomic E-state index is 13.3. The van der Waals surface area contributed by atoms with Crippen LogP contribution in [0, 0.1) is 6.92 Å². The highest BCUT2D eigenvalue weighted by Gasteiger charge is 2.24. The van der Waals surface area contributed by atoms with Gasteiger partial charge in [-0.1, -0.05) is 66.2 Å². The van der Waals surface area contributed by atoms with Crippen LogP contribution in [0.1, 0.15) is 11.1 Å². The summed E-state index contributed by atoms with van der Waals surface area (Å²) in [5, 5.41) is 3.36. The van der Waals surface area contributed by atoms with Gasteiger partial charge in [0.2, 0.25) is 15.7 Å². The normalized spacial score (nSPS) is 11.4. The molecule has 1 heterocycles. The lowest BCUT2D eigenvalue weighted by Gasteiger charge is -2.14. The standard InChI is InChI=1S/C25H22N2O4S/c1-18-11-13-19(14-12-18)16-26-24(28)17-27-22-10-6-5-7-20(22)15-23(25(27)29)32(30,31)21-8-3-2-4-9-21/h2-15H,16-17H2,1H3,(H,26,28). The fourth-order valence-electron chi connectivity index (χ4n) is 3.48. The Morgan fingerprint density at radius 1 is 0.906 bits per heavy atom. The van der Waals surface area contributed by atoms with Gasteiger partial charge in [-0.25, -0.2) is 8.42 Å². The zero-order valence-corrected chi connectivity index (χ0v) is 18.3. The van der Waals surface area contributed by atoms with Crippen LogP contribution in [-0.4, -0.2) is 18.9 Å². The molecule has 1 aromatic heterocycles. The Bertz CT molecular complexity index is 1440. The number of fused-ring (bicyclic) bond motifs is 1. The first-order valence-corrected chi connectivity index (χ1v) is 11.6. The van der Waals surface area contributed by atoms with Crippen molar-refractivity contribution < 1.29 is 13.2 Å². The number of aromatic nitrogens is 1. The van der Waals surface area contributed by atoms with Crippen LogP contribution < -0.4 is 10.9 Å². The highest BCUT2D eigenvalue weighted by atomic mass is 32.2. The third-order valence-corrected chi connectivity index (χ3v) is 6.99. The average Bonchev–Trinajstić information content (AvgIpc) is 2.81. The van der Waals surface area contributed by atoms with E-state index in [2.05, 4.69) is 5.32 Å². The van der Waals surface area contributed by atoms with Gasteiger partial charge in [-0.15, -0.1) is 0 Å². The van der Waals surface area contributed by atoms with Gasteiger partial charge in [0, 0.05) is 6.54 Å². The van der Waals surface area contributed by atoms with Crippen LogP contribution in [0.15, 0.2) is 99.5 Å². The second-order valence-electron chi connectivity index (χ2n) is 7.54. The number of hydrogen-bond acceptors (Lipinski definition) is 4. The summed E-state index contributed by atoms with van der Waals surface area (Å²) < 4.78 is 27.5. The van der Waals surface area contributed by atoms with Gasteiger partial charge in [-0.3, -0.25) is 14.2 Å². The maximum absolute atomic E-state index is 13.3. The van der Waals surface area contributed by atoms with E-state index in [-0.39, 0.29) is 22.2 Å². The molecular formula is C25H22N2O4S. The summed E-state index contributed by atoms with van der Waals surface area (Å²) in [5.41, 5.74) is 1.82. The molecule has 0 aliphatic rings. The number of carbonyl (C=O) groups excluding carboxylic acids is 1. The minimum atomic E-state index is -4.04. The van der Waals surface area contributed by atoms with E-state index >= 15 is 0 Å². The first-order valence-electron chi connectivity index (χ1n) is 10.1. The van der Waals surface area contributed by atoms with Crippen molar-refractivity contribution in [3.05, 3.63) is 106 Å². The molecule has 0 atom stereocenters. The summed E-state index contributed by atoms with van der Waals surface area (Å²) in [5.74, 6) is -0.382. The predicted octanol–water partition coefficient (Wildman–Crippen LogP) is 3.46. The summed E-state index contributed by atoms with van der Waals surface area (Å²) in [7, 11) is -4.04. The molecule has 0 aliphatic heterocycles. The van der Waals surface area contributed by atoms with Gasteiger partial charge in [-0.05, 0) is 42.1 Å². The number of nitrogens with one attached hydrogen (secondary N) is 1. The molecule has 1 amide bonds. The van der Waals surface area contributed by atoms with Gasteiger partial charge in [0.05, 0.1) is 10.4 Å². The number of para-hydroxylation sites is 1. The van der Waals surface area contributed by atoms with E-state index in [0.29, 0.717) is 17.4 Å². The average molecular weight is 447 g/mol. The highest BCUT2D eigenvalue weighted by Crippen LogP contribution is 2.22. The topological polar surface area (TPSA) is 85.2 Å². The molecule has 0 aliphatic carbocycles. The molecule has 0 unspecified atom stereocenters. The number of aryl methyl sites for hydroxylation is 1. The Hall–Kier alpha value is -3.71. The molecule has 0 radical (unpaired) electrons. The molecule has 0 bridgehead atoms. The summed E-state index contributed by atoms with van der Waals surface area (Å²) in [6.07, 6.45) is 0. The molecule has 162 valence electrons. The van der Waals surface area contributed by atoms with Crippen molar-refractivity contribution in [2.24, 2.45) is 0 Å². The molecule has 6 nitrogen and oxygen atoms in total. The number of carbonyl (C=O) groups is 1. The second-order valence-corrected chi connectivity index (χ2v) is 9.46. The summed E-state index contributed by atoms with van der Waals surface area (Å²) in [6.45, 7) is 2.01. The molecule has 4 aromatic rings. The highest BCUT2D eigenvalue weighted by molar-refractivity contribution is 7.91. The number of pyridine rings is 1. The van der Waals surface area contributed by atoms with Gasteiger partial charge >= 0.3 is 0 Å². The number of rotatable bonds is 6. The first-order chi connectivity index (χ1) is 15.4. The molecule has 4 rings (SSSR count). The smallest absolute Gasteiger partial charge is 0.270 e.